The average Bonchev–Trinajstić information content (AvgIpc) is 3.05. The van der Waals surface area contributed by atoms with Gasteiger partial charge in [-0.05, 0) is 30.7 Å². The van der Waals surface area contributed by atoms with Gasteiger partial charge in [-0.25, -0.2) is 4.98 Å². The normalized spacial score (nSPS) is 14.8. The molecule has 0 saturated carbocycles. The summed E-state index contributed by atoms with van der Waals surface area (Å²) >= 11 is 5.95. The quantitative estimate of drug-likeness (QED) is 0.945. The molecule has 2 aromatic rings. The van der Waals surface area contributed by atoms with Gasteiger partial charge in [-0.15, -0.1) is 0 Å². The predicted octanol–water partition coefficient (Wildman–Crippen LogP) is 2.81. The number of anilines is 2. The van der Waals surface area contributed by atoms with Crippen molar-refractivity contribution in [3.05, 3.63) is 41.4 Å². The van der Waals surface area contributed by atoms with Crippen molar-refractivity contribution in [3.8, 4) is 0 Å². The van der Waals surface area contributed by atoms with Gasteiger partial charge in [-0.3, -0.25) is 4.79 Å². The van der Waals surface area contributed by atoms with E-state index in [1.807, 2.05) is 40.8 Å². The van der Waals surface area contributed by atoms with Crippen molar-refractivity contribution in [1.29, 1.82) is 0 Å². The van der Waals surface area contributed by atoms with Crippen LogP contribution >= 0.6 is 11.6 Å². The fourth-order valence-corrected chi connectivity index (χ4v) is 2.60. The van der Waals surface area contributed by atoms with E-state index in [0.29, 0.717) is 18.1 Å². The van der Waals surface area contributed by atoms with Crippen LogP contribution < -0.4 is 10.2 Å². The summed E-state index contributed by atoms with van der Waals surface area (Å²) in [5, 5.41) is 3.92. The van der Waals surface area contributed by atoms with E-state index in [0.717, 1.165) is 30.2 Å². The number of hydrogen-bond acceptors (Lipinski definition) is 3. The highest BCUT2D eigenvalue weighted by Crippen LogP contribution is 2.23. The third kappa shape index (κ3) is 2.88. The van der Waals surface area contributed by atoms with Gasteiger partial charge < -0.3 is 14.8 Å². The first-order chi connectivity index (χ1) is 10.1. The van der Waals surface area contributed by atoms with Crippen LogP contribution in [0.25, 0.3) is 0 Å². The second-order valence-electron chi connectivity index (χ2n) is 5.11. The molecule has 21 heavy (non-hydrogen) atoms. The Kier molecular flexibility index (Phi) is 3.84. The van der Waals surface area contributed by atoms with Crippen molar-refractivity contribution >= 4 is 28.9 Å². The summed E-state index contributed by atoms with van der Waals surface area (Å²) < 4.78 is 1.84. The van der Waals surface area contributed by atoms with Crippen LogP contribution in [0.15, 0.2) is 30.5 Å². The predicted molar refractivity (Wildman–Crippen MR) is 83.6 cm³/mol. The Bertz CT molecular complexity index is 650. The van der Waals surface area contributed by atoms with Crippen LogP contribution in [0, 0.1) is 0 Å². The molecule has 0 unspecified atom stereocenters. The van der Waals surface area contributed by atoms with E-state index in [2.05, 4.69) is 10.3 Å². The zero-order valence-corrected chi connectivity index (χ0v) is 12.6. The van der Waals surface area contributed by atoms with E-state index in [1.165, 1.54) is 0 Å². The van der Waals surface area contributed by atoms with Crippen molar-refractivity contribution < 1.29 is 4.79 Å². The first kappa shape index (κ1) is 13.9. The highest BCUT2D eigenvalue weighted by atomic mass is 35.5. The van der Waals surface area contributed by atoms with Crippen LogP contribution in [-0.4, -0.2) is 22.0 Å². The topological polar surface area (TPSA) is 50.2 Å². The van der Waals surface area contributed by atoms with Crippen LogP contribution in [0.4, 0.5) is 11.4 Å². The second kappa shape index (κ2) is 5.77. The summed E-state index contributed by atoms with van der Waals surface area (Å²) in [5.41, 5.74) is 1.95. The minimum Gasteiger partial charge on any atom is -0.378 e. The molecule has 1 amide bonds. The first-order valence-corrected chi connectivity index (χ1v) is 7.33. The number of hydrogen-bond donors (Lipinski definition) is 1. The van der Waals surface area contributed by atoms with Gasteiger partial charge in [0.05, 0.1) is 12.7 Å². The number of nitrogens with zero attached hydrogens (tertiary/aromatic N) is 3. The SMILES string of the molecule is Cn1c(Cl)cnc1CNc1ccc(N2CCCC2=O)cc1. The van der Waals surface area contributed by atoms with Gasteiger partial charge in [0.25, 0.3) is 0 Å². The number of benzene rings is 1. The van der Waals surface area contributed by atoms with Crippen molar-refractivity contribution in [2.24, 2.45) is 7.05 Å². The molecule has 2 heterocycles. The Morgan fingerprint density at radius 3 is 2.67 bits per heavy atom. The van der Waals surface area contributed by atoms with Gasteiger partial charge in [0.2, 0.25) is 5.91 Å². The zero-order chi connectivity index (χ0) is 14.8. The van der Waals surface area contributed by atoms with Crippen LogP contribution in [-0.2, 0) is 18.4 Å². The molecule has 0 radical (unpaired) electrons. The van der Waals surface area contributed by atoms with E-state index >= 15 is 0 Å². The van der Waals surface area contributed by atoms with E-state index in [1.54, 1.807) is 6.20 Å². The molecule has 1 fully saturated rings. The fraction of sp³-hybridized carbons (Fsp3) is 0.333. The lowest BCUT2D eigenvalue weighted by Gasteiger charge is -2.16. The summed E-state index contributed by atoms with van der Waals surface area (Å²) in [6, 6.07) is 7.89. The summed E-state index contributed by atoms with van der Waals surface area (Å²) in [6.45, 7) is 1.42. The largest absolute Gasteiger partial charge is 0.378 e. The molecule has 6 heteroatoms. The van der Waals surface area contributed by atoms with Crippen LogP contribution in [0.5, 0.6) is 0 Å². The van der Waals surface area contributed by atoms with Gasteiger partial charge in [0.1, 0.15) is 11.0 Å². The first-order valence-electron chi connectivity index (χ1n) is 6.95. The van der Waals surface area contributed by atoms with Gasteiger partial charge >= 0.3 is 0 Å². The molecule has 5 nitrogen and oxygen atoms in total. The molecule has 1 N–H and O–H groups in total. The van der Waals surface area contributed by atoms with E-state index in [9.17, 15) is 4.79 Å². The van der Waals surface area contributed by atoms with Crippen LogP contribution in [0.3, 0.4) is 0 Å². The second-order valence-corrected chi connectivity index (χ2v) is 5.49. The van der Waals surface area contributed by atoms with Gasteiger partial charge in [0.15, 0.2) is 0 Å². The van der Waals surface area contributed by atoms with Crippen molar-refractivity contribution in [3.63, 3.8) is 0 Å². The number of imidazole rings is 1. The number of carbonyl (C=O) groups is 1. The number of amides is 1. The minimum atomic E-state index is 0.207. The molecular weight excluding hydrogens is 288 g/mol. The maximum absolute atomic E-state index is 11.7. The number of rotatable bonds is 4. The zero-order valence-electron chi connectivity index (χ0n) is 11.8. The van der Waals surface area contributed by atoms with Crippen molar-refractivity contribution in [2.45, 2.75) is 19.4 Å². The Morgan fingerprint density at radius 1 is 1.33 bits per heavy atom. The number of aromatic nitrogens is 2. The summed E-state index contributed by atoms with van der Waals surface area (Å²) in [6.07, 6.45) is 3.24. The Hall–Kier alpha value is -2.01. The molecule has 1 aromatic carbocycles. The van der Waals surface area contributed by atoms with Crippen LogP contribution in [0.2, 0.25) is 5.15 Å². The minimum absolute atomic E-state index is 0.207. The highest BCUT2D eigenvalue weighted by molar-refractivity contribution is 6.29. The molecule has 0 aliphatic carbocycles. The molecule has 0 spiro atoms. The maximum Gasteiger partial charge on any atom is 0.227 e. The number of halogens is 1. The summed E-state index contributed by atoms with van der Waals surface area (Å²) in [4.78, 5) is 17.8. The monoisotopic (exact) mass is 304 g/mol. The van der Waals surface area contributed by atoms with Gasteiger partial charge in [-0.1, -0.05) is 11.6 Å². The molecule has 3 rings (SSSR count). The number of nitrogens with one attached hydrogen (secondary N) is 1. The summed E-state index contributed by atoms with van der Waals surface area (Å²) in [5.74, 6) is 1.08. The van der Waals surface area contributed by atoms with Crippen molar-refractivity contribution in [2.75, 3.05) is 16.8 Å². The standard InChI is InChI=1S/C15H17ClN4O/c1-19-13(16)9-18-14(19)10-17-11-4-6-12(7-5-11)20-8-2-3-15(20)21/h4-7,9,17H,2-3,8,10H2,1H3. The average molecular weight is 305 g/mol. The molecule has 110 valence electrons. The molecule has 1 aromatic heterocycles. The lowest BCUT2D eigenvalue weighted by molar-refractivity contribution is -0.117. The molecule has 1 saturated heterocycles. The molecule has 1 aliphatic heterocycles. The molecular formula is C15H17ClN4O. The van der Waals surface area contributed by atoms with Crippen LogP contribution in [0.1, 0.15) is 18.7 Å². The Morgan fingerprint density at radius 2 is 2.10 bits per heavy atom. The fourth-order valence-electron chi connectivity index (χ4n) is 2.45. The molecule has 0 atom stereocenters. The lowest BCUT2D eigenvalue weighted by atomic mass is 10.2. The van der Waals surface area contributed by atoms with Gasteiger partial charge in [-0.2, -0.15) is 0 Å². The third-order valence-electron chi connectivity index (χ3n) is 3.73. The Balaban J connectivity index is 1.64. The molecule has 0 bridgehead atoms. The van der Waals surface area contributed by atoms with E-state index in [4.69, 9.17) is 11.6 Å². The highest BCUT2D eigenvalue weighted by Gasteiger charge is 2.21. The third-order valence-corrected chi connectivity index (χ3v) is 4.08. The number of carbonyl (C=O) groups excluding carboxylic acids is 1. The Labute approximate surface area is 128 Å². The maximum atomic E-state index is 11.7. The van der Waals surface area contributed by atoms with E-state index in [-0.39, 0.29) is 5.91 Å². The van der Waals surface area contributed by atoms with Crippen molar-refractivity contribution in [1.82, 2.24) is 9.55 Å². The lowest BCUT2D eigenvalue weighted by Crippen LogP contribution is -2.23. The summed E-state index contributed by atoms with van der Waals surface area (Å²) in [7, 11) is 1.88. The molecule has 1 aliphatic rings. The van der Waals surface area contributed by atoms with Gasteiger partial charge in [0, 0.05) is 31.4 Å². The van der Waals surface area contributed by atoms with E-state index < -0.39 is 0 Å². The smallest absolute Gasteiger partial charge is 0.227 e.